The van der Waals surface area contributed by atoms with E-state index in [4.69, 9.17) is 5.73 Å². The zero-order valence-corrected chi connectivity index (χ0v) is 11.1. The molecule has 1 saturated heterocycles. The average molecular weight is 247 g/mol. The quantitative estimate of drug-likeness (QED) is 0.786. The third-order valence-electron chi connectivity index (χ3n) is 3.40. The monoisotopic (exact) mass is 247 g/mol. The van der Waals surface area contributed by atoms with Crippen LogP contribution in [0.1, 0.15) is 40.7 Å². The summed E-state index contributed by atoms with van der Waals surface area (Å²) < 4.78 is 0. The predicted molar refractivity (Wildman–Crippen MR) is 73.2 cm³/mol. The molecule has 18 heavy (non-hydrogen) atoms. The van der Waals surface area contributed by atoms with Crippen molar-refractivity contribution in [2.75, 3.05) is 18.8 Å². The van der Waals surface area contributed by atoms with Crippen LogP contribution in [0.15, 0.2) is 12.1 Å². The Morgan fingerprint density at radius 2 is 1.72 bits per heavy atom. The lowest BCUT2D eigenvalue weighted by atomic mass is 10.0. The molecule has 4 heteroatoms. The molecule has 0 radical (unpaired) electrons. The van der Waals surface area contributed by atoms with Crippen molar-refractivity contribution >= 4 is 11.6 Å². The van der Waals surface area contributed by atoms with Gasteiger partial charge in [0, 0.05) is 24.3 Å². The lowest BCUT2D eigenvalue weighted by molar-refractivity contribution is 0.0749. The molecule has 1 aromatic rings. The third-order valence-corrected chi connectivity index (χ3v) is 3.40. The first-order chi connectivity index (χ1) is 8.58. The van der Waals surface area contributed by atoms with Crippen LogP contribution in [0.3, 0.4) is 0 Å². The fourth-order valence-electron chi connectivity index (χ4n) is 2.56. The van der Waals surface area contributed by atoms with Crippen LogP contribution in [0, 0.1) is 13.8 Å². The molecule has 0 saturated carbocycles. The first-order valence-corrected chi connectivity index (χ1v) is 6.50. The number of hydrazine groups is 1. The number of aryl methyl sites for hydroxylation is 2. The van der Waals surface area contributed by atoms with Gasteiger partial charge in [0.15, 0.2) is 0 Å². The highest BCUT2D eigenvalue weighted by Crippen LogP contribution is 2.18. The molecule has 1 aliphatic rings. The number of rotatable bonds is 2. The topological polar surface area (TPSA) is 58.4 Å². The van der Waals surface area contributed by atoms with Crippen LogP contribution in [0.5, 0.6) is 0 Å². The van der Waals surface area contributed by atoms with Gasteiger partial charge in [-0.05, 0) is 49.9 Å². The lowest BCUT2D eigenvalue weighted by Crippen LogP contribution is -2.45. The van der Waals surface area contributed by atoms with E-state index in [9.17, 15) is 4.79 Å². The van der Waals surface area contributed by atoms with Crippen molar-refractivity contribution < 1.29 is 4.79 Å². The van der Waals surface area contributed by atoms with E-state index in [1.807, 2.05) is 31.0 Å². The minimum absolute atomic E-state index is 0.0214. The summed E-state index contributed by atoms with van der Waals surface area (Å²) in [5.74, 6) is -0.0214. The Bertz CT molecular complexity index is 427. The van der Waals surface area contributed by atoms with Gasteiger partial charge < -0.3 is 5.73 Å². The van der Waals surface area contributed by atoms with Gasteiger partial charge in [0.05, 0.1) is 0 Å². The number of nitrogens with two attached hydrogens (primary N) is 1. The molecule has 0 spiro atoms. The predicted octanol–water partition coefficient (Wildman–Crippen LogP) is 2.02. The van der Waals surface area contributed by atoms with E-state index in [2.05, 4.69) is 5.43 Å². The normalized spacial score (nSPS) is 16.6. The summed E-state index contributed by atoms with van der Waals surface area (Å²) in [6.07, 6.45) is 3.56. The third kappa shape index (κ3) is 2.82. The molecule has 1 fully saturated rings. The van der Waals surface area contributed by atoms with Crippen molar-refractivity contribution in [3.63, 3.8) is 0 Å². The number of anilines is 1. The van der Waals surface area contributed by atoms with Crippen LogP contribution < -0.4 is 11.2 Å². The van der Waals surface area contributed by atoms with Crippen LogP contribution in [-0.4, -0.2) is 24.0 Å². The van der Waals surface area contributed by atoms with Gasteiger partial charge in [0.1, 0.15) is 0 Å². The number of nitrogens with one attached hydrogen (secondary N) is 1. The van der Waals surface area contributed by atoms with Crippen molar-refractivity contribution in [1.82, 2.24) is 10.4 Å². The fourth-order valence-corrected chi connectivity index (χ4v) is 2.56. The summed E-state index contributed by atoms with van der Waals surface area (Å²) in [6.45, 7) is 5.74. The average Bonchev–Trinajstić information content (AvgIpc) is 2.28. The maximum absolute atomic E-state index is 12.3. The van der Waals surface area contributed by atoms with Gasteiger partial charge in [-0.25, -0.2) is 5.01 Å². The molecule has 3 N–H and O–H groups in total. The Labute approximate surface area is 108 Å². The van der Waals surface area contributed by atoms with Crippen LogP contribution in [0.25, 0.3) is 0 Å². The smallest absolute Gasteiger partial charge is 0.266 e. The SMILES string of the molecule is Cc1cc(N)cc(C)c1C(=O)NN1CCCCC1. The molecule has 1 aliphatic heterocycles. The van der Waals surface area contributed by atoms with E-state index in [-0.39, 0.29) is 5.91 Å². The van der Waals surface area contributed by atoms with Gasteiger partial charge in [0.25, 0.3) is 5.91 Å². The Balaban J connectivity index is 2.13. The van der Waals surface area contributed by atoms with Gasteiger partial charge in [-0.15, -0.1) is 0 Å². The molecule has 0 atom stereocenters. The molecular weight excluding hydrogens is 226 g/mol. The number of carbonyl (C=O) groups is 1. The summed E-state index contributed by atoms with van der Waals surface area (Å²) in [5, 5.41) is 2.01. The van der Waals surface area contributed by atoms with E-state index in [1.54, 1.807) is 0 Å². The standard InChI is InChI=1S/C14H21N3O/c1-10-8-12(15)9-11(2)13(10)14(18)16-17-6-4-3-5-7-17/h8-9H,3-7,15H2,1-2H3,(H,16,18). The van der Waals surface area contributed by atoms with Gasteiger partial charge in [0.2, 0.25) is 0 Å². The van der Waals surface area contributed by atoms with Crippen LogP contribution in [-0.2, 0) is 0 Å². The molecule has 1 heterocycles. The second-order valence-corrected chi connectivity index (χ2v) is 5.02. The Morgan fingerprint density at radius 1 is 1.17 bits per heavy atom. The number of amides is 1. The highest BCUT2D eigenvalue weighted by molar-refractivity contribution is 5.97. The molecule has 0 aliphatic carbocycles. The molecule has 4 nitrogen and oxygen atoms in total. The number of nitrogen functional groups attached to an aromatic ring is 1. The summed E-state index contributed by atoms with van der Waals surface area (Å²) in [6, 6.07) is 3.69. The lowest BCUT2D eigenvalue weighted by Gasteiger charge is -2.27. The van der Waals surface area contributed by atoms with Crippen LogP contribution in [0.2, 0.25) is 0 Å². The summed E-state index contributed by atoms with van der Waals surface area (Å²) in [4.78, 5) is 12.3. The molecule has 0 aromatic heterocycles. The molecule has 0 bridgehead atoms. The number of nitrogens with zero attached hydrogens (tertiary/aromatic N) is 1. The zero-order valence-electron chi connectivity index (χ0n) is 11.1. The highest BCUT2D eigenvalue weighted by atomic mass is 16.2. The number of benzene rings is 1. The summed E-state index contributed by atoms with van der Waals surface area (Å²) in [5.41, 5.74) is 12.1. The molecule has 98 valence electrons. The van der Waals surface area contributed by atoms with Crippen LogP contribution in [0.4, 0.5) is 5.69 Å². The van der Waals surface area contributed by atoms with Crippen molar-refractivity contribution in [2.24, 2.45) is 0 Å². The first kappa shape index (κ1) is 12.9. The summed E-state index contributed by atoms with van der Waals surface area (Å²) >= 11 is 0. The number of hydrogen-bond donors (Lipinski definition) is 2. The van der Waals surface area contributed by atoms with Gasteiger partial charge >= 0.3 is 0 Å². The Hall–Kier alpha value is -1.55. The van der Waals surface area contributed by atoms with E-state index < -0.39 is 0 Å². The van der Waals surface area contributed by atoms with Gasteiger partial charge in [-0.3, -0.25) is 10.2 Å². The molecular formula is C14H21N3O. The fraction of sp³-hybridized carbons (Fsp3) is 0.500. The van der Waals surface area contributed by atoms with Crippen LogP contribution >= 0.6 is 0 Å². The Morgan fingerprint density at radius 3 is 2.28 bits per heavy atom. The van der Waals surface area contributed by atoms with Crippen molar-refractivity contribution in [3.05, 3.63) is 28.8 Å². The van der Waals surface area contributed by atoms with Gasteiger partial charge in [-0.1, -0.05) is 6.42 Å². The largest absolute Gasteiger partial charge is 0.399 e. The van der Waals surface area contributed by atoms with E-state index in [1.165, 1.54) is 6.42 Å². The minimum atomic E-state index is -0.0214. The molecule has 1 amide bonds. The van der Waals surface area contributed by atoms with Crippen molar-refractivity contribution in [1.29, 1.82) is 0 Å². The van der Waals surface area contributed by atoms with Gasteiger partial charge in [-0.2, -0.15) is 0 Å². The first-order valence-electron chi connectivity index (χ1n) is 6.50. The molecule has 2 rings (SSSR count). The second kappa shape index (κ2) is 5.40. The van der Waals surface area contributed by atoms with E-state index in [0.717, 1.165) is 42.6 Å². The Kier molecular flexibility index (Phi) is 3.87. The molecule has 1 aromatic carbocycles. The van der Waals surface area contributed by atoms with Crippen molar-refractivity contribution in [2.45, 2.75) is 33.1 Å². The number of carbonyl (C=O) groups excluding carboxylic acids is 1. The summed E-state index contributed by atoms with van der Waals surface area (Å²) in [7, 11) is 0. The molecule has 0 unspecified atom stereocenters. The number of hydrogen-bond acceptors (Lipinski definition) is 3. The van der Waals surface area contributed by atoms with E-state index in [0.29, 0.717) is 5.69 Å². The maximum Gasteiger partial charge on any atom is 0.266 e. The highest BCUT2D eigenvalue weighted by Gasteiger charge is 2.17. The maximum atomic E-state index is 12.3. The minimum Gasteiger partial charge on any atom is -0.399 e. The van der Waals surface area contributed by atoms with E-state index >= 15 is 0 Å². The number of piperidine rings is 1. The second-order valence-electron chi connectivity index (χ2n) is 5.02. The zero-order chi connectivity index (χ0) is 13.1. The van der Waals surface area contributed by atoms with Crippen molar-refractivity contribution in [3.8, 4) is 0 Å².